The van der Waals surface area contributed by atoms with Crippen LogP contribution >= 0.6 is 11.8 Å². The zero-order valence-electron chi connectivity index (χ0n) is 10.2. The van der Waals surface area contributed by atoms with Crippen LogP contribution in [0, 0.1) is 5.92 Å². The number of carboxylic acid groups (broad SMARTS) is 1. The fourth-order valence-corrected chi connectivity index (χ4v) is 2.03. The van der Waals surface area contributed by atoms with Gasteiger partial charge < -0.3 is 10.4 Å². The van der Waals surface area contributed by atoms with Gasteiger partial charge in [0, 0.05) is 0 Å². The highest BCUT2D eigenvalue weighted by Crippen LogP contribution is 2.07. The molecule has 0 saturated carbocycles. The molecule has 16 heavy (non-hydrogen) atoms. The first-order chi connectivity index (χ1) is 7.47. The van der Waals surface area contributed by atoms with Crippen molar-refractivity contribution in [3.05, 3.63) is 0 Å². The lowest BCUT2D eigenvalue weighted by Crippen LogP contribution is -2.41. The number of thioether (sulfide) groups is 1. The lowest BCUT2D eigenvalue weighted by atomic mass is 10.2. The Kier molecular flexibility index (Phi) is 8.07. The highest BCUT2D eigenvalue weighted by atomic mass is 32.2. The number of carboxylic acids is 1. The van der Waals surface area contributed by atoms with Crippen molar-refractivity contribution in [2.45, 2.75) is 39.7 Å². The van der Waals surface area contributed by atoms with Gasteiger partial charge in [-0.2, -0.15) is 11.8 Å². The quantitative estimate of drug-likeness (QED) is 0.685. The van der Waals surface area contributed by atoms with Gasteiger partial charge in [-0.25, -0.2) is 4.79 Å². The third kappa shape index (κ3) is 7.56. The molecule has 0 aliphatic rings. The third-order valence-corrected chi connectivity index (χ3v) is 3.26. The van der Waals surface area contributed by atoms with E-state index in [-0.39, 0.29) is 5.91 Å². The Morgan fingerprint density at radius 1 is 1.38 bits per heavy atom. The number of carbonyl (C=O) groups is 2. The fourth-order valence-electron chi connectivity index (χ4n) is 1.17. The minimum atomic E-state index is -0.955. The largest absolute Gasteiger partial charge is 0.480 e. The van der Waals surface area contributed by atoms with Crippen LogP contribution in [0.2, 0.25) is 0 Å². The van der Waals surface area contributed by atoms with Crippen molar-refractivity contribution in [3.8, 4) is 0 Å². The second kappa shape index (κ2) is 8.44. The molecule has 5 heteroatoms. The minimum absolute atomic E-state index is 0.188. The third-order valence-electron chi connectivity index (χ3n) is 1.90. The normalized spacial score (nSPS) is 12.5. The number of aliphatic carboxylic acids is 1. The number of hydrogen-bond acceptors (Lipinski definition) is 3. The van der Waals surface area contributed by atoms with E-state index in [1.165, 1.54) is 11.8 Å². The molecule has 0 aromatic rings. The van der Waals surface area contributed by atoms with Crippen LogP contribution in [0.5, 0.6) is 0 Å². The molecule has 1 unspecified atom stereocenters. The Bertz CT molecular complexity index is 231. The zero-order chi connectivity index (χ0) is 12.6. The van der Waals surface area contributed by atoms with Gasteiger partial charge in [-0.15, -0.1) is 0 Å². The van der Waals surface area contributed by atoms with Gasteiger partial charge in [-0.3, -0.25) is 4.79 Å². The van der Waals surface area contributed by atoms with Crippen LogP contribution in [-0.2, 0) is 9.59 Å². The summed E-state index contributed by atoms with van der Waals surface area (Å²) in [5.74, 6) is 0.657. The highest BCUT2D eigenvalue weighted by molar-refractivity contribution is 7.99. The zero-order valence-corrected chi connectivity index (χ0v) is 11.0. The molecule has 0 heterocycles. The summed E-state index contributed by atoms with van der Waals surface area (Å²) in [7, 11) is 0. The summed E-state index contributed by atoms with van der Waals surface area (Å²) in [4.78, 5) is 22.2. The standard InChI is InChI=1S/C11H21NO3S/c1-4-5-9(11(14)15)12-10(13)7-16-6-8(2)3/h8-9H,4-7H2,1-3H3,(H,12,13)(H,14,15). The summed E-state index contributed by atoms with van der Waals surface area (Å²) in [6, 6.07) is -0.739. The van der Waals surface area contributed by atoms with Crippen molar-refractivity contribution in [2.75, 3.05) is 11.5 Å². The van der Waals surface area contributed by atoms with Gasteiger partial charge in [-0.05, 0) is 18.1 Å². The molecule has 0 fully saturated rings. The molecule has 0 saturated heterocycles. The SMILES string of the molecule is CCCC(NC(=O)CSCC(C)C)C(=O)O. The summed E-state index contributed by atoms with van der Waals surface area (Å²) in [6.45, 7) is 6.07. The van der Waals surface area contributed by atoms with E-state index in [1.807, 2.05) is 6.92 Å². The minimum Gasteiger partial charge on any atom is -0.480 e. The first-order valence-corrected chi connectivity index (χ1v) is 6.72. The van der Waals surface area contributed by atoms with Gasteiger partial charge in [-0.1, -0.05) is 27.2 Å². The van der Waals surface area contributed by atoms with Crippen molar-refractivity contribution < 1.29 is 14.7 Å². The maximum atomic E-state index is 11.4. The van der Waals surface area contributed by atoms with E-state index in [0.29, 0.717) is 18.1 Å². The molecule has 4 nitrogen and oxygen atoms in total. The van der Waals surface area contributed by atoms with E-state index in [4.69, 9.17) is 5.11 Å². The van der Waals surface area contributed by atoms with Crippen LogP contribution in [0.3, 0.4) is 0 Å². The second-order valence-electron chi connectivity index (χ2n) is 4.16. The molecule has 0 aromatic carbocycles. The molecule has 1 atom stereocenters. The predicted molar refractivity (Wildman–Crippen MR) is 66.6 cm³/mol. The summed E-state index contributed by atoms with van der Waals surface area (Å²) in [5.41, 5.74) is 0. The molecule has 2 N–H and O–H groups in total. The summed E-state index contributed by atoms with van der Waals surface area (Å²) in [6.07, 6.45) is 1.23. The maximum absolute atomic E-state index is 11.4. The van der Waals surface area contributed by atoms with Crippen molar-refractivity contribution in [2.24, 2.45) is 5.92 Å². The van der Waals surface area contributed by atoms with Crippen molar-refractivity contribution >= 4 is 23.6 Å². The monoisotopic (exact) mass is 247 g/mol. The van der Waals surface area contributed by atoms with Crippen LogP contribution in [0.15, 0.2) is 0 Å². The molecule has 1 amide bonds. The lowest BCUT2D eigenvalue weighted by Gasteiger charge is -2.13. The average Bonchev–Trinajstić information content (AvgIpc) is 2.16. The number of amides is 1. The van der Waals surface area contributed by atoms with Gasteiger partial charge in [0.05, 0.1) is 5.75 Å². The summed E-state index contributed by atoms with van der Waals surface area (Å²) in [5, 5.41) is 11.4. The van der Waals surface area contributed by atoms with Crippen LogP contribution in [0.1, 0.15) is 33.6 Å². The molecule has 0 spiro atoms. The van der Waals surface area contributed by atoms with Gasteiger partial charge in [0.1, 0.15) is 6.04 Å². The van der Waals surface area contributed by atoms with E-state index in [9.17, 15) is 9.59 Å². The molecule has 0 aromatic heterocycles. The Balaban J connectivity index is 3.86. The second-order valence-corrected chi connectivity index (χ2v) is 5.19. The first-order valence-electron chi connectivity index (χ1n) is 5.57. The van der Waals surface area contributed by atoms with Gasteiger partial charge in [0.25, 0.3) is 0 Å². The summed E-state index contributed by atoms with van der Waals surface area (Å²) < 4.78 is 0. The van der Waals surface area contributed by atoms with E-state index in [1.54, 1.807) is 0 Å². The number of nitrogens with one attached hydrogen (secondary N) is 1. The lowest BCUT2D eigenvalue weighted by molar-refractivity contribution is -0.141. The van der Waals surface area contributed by atoms with Crippen molar-refractivity contribution in [1.82, 2.24) is 5.32 Å². The predicted octanol–water partition coefficient (Wildman–Crippen LogP) is 1.75. The van der Waals surface area contributed by atoms with E-state index in [2.05, 4.69) is 19.2 Å². The number of carbonyl (C=O) groups excluding carboxylic acids is 1. The van der Waals surface area contributed by atoms with Crippen molar-refractivity contribution in [1.29, 1.82) is 0 Å². The molecular weight excluding hydrogens is 226 g/mol. The van der Waals surface area contributed by atoms with Gasteiger partial charge in [0.15, 0.2) is 0 Å². The molecule has 0 radical (unpaired) electrons. The number of rotatable bonds is 8. The first kappa shape index (κ1) is 15.3. The van der Waals surface area contributed by atoms with Crippen molar-refractivity contribution in [3.63, 3.8) is 0 Å². The smallest absolute Gasteiger partial charge is 0.326 e. The van der Waals surface area contributed by atoms with Gasteiger partial charge in [0.2, 0.25) is 5.91 Å². The molecule has 94 valence electrons. The van der Waals surface area contributed by atoms with Crippen LogP contribution in [0.4, 0.5) is 0 Å². The van der Waals surface area contributed by atoms with Crippen LogP contribution in [0.25, 0.3) is 0 Å². The van der Waals surface area contributed by atoms with E-state index >= 15 is 0 Å². The molecule has 0 rings (SSSR count). The summed E-state index contributed by atoms with van der Waals surface area (Å²) >= 11 is 1.54. The highest BCUT2D eigenvalue weighted by Gasteiger charge is 2.18. The van der Waals surface area contributed by atoms with Crippen LogP contribution < -0.4 is 5.32 Å². The Morgan fingerprint density at radius 3 is 2.44 bits per heavy atom. The Morgan fingerprint density at radius 2 is 2.00 bits per heavy atom. The van der Waals surface area contributed by atoms with Gasteiger partial charge >= 0.3 is 5.97 Å². The van der Waals surface area contributed by atoms with E-state index in [0.717, 1.165) is 12.2 Å². The van der Waals surface area contributed by atoms with E-state index < -0.39 is 12.0 Å². The van der Waals surface area contributed by atoms with Crippen LogP contribution in [-0.4, -0.2) is 34.5 Å². The Labute approximate surface area is 101 Å². The fraction of sp³-hybridized carbons (Fsp3) is 0.818. The molecule has 0 bridgehead atoms. The Hall–Kier alpha value is -0.710. The molecule has 0 aliphatic heterocycles. The topological polar surface area (TPSA) is 66.4 Å². The maximum Gasteiger partial charge on any atom is 0.326 e. The average molecular weight is 247 g/mol. The molecule has 0 aliphatic carbocycles. The molecular formula is C11H21NO3S. The number of hydrogen-bond donors (Lipinski definition) is 2.